The Morgan fingerprint density at radius 2 is 1.92 bits per heavy atom. The van der Waals surface area contributed by atoms with Crippen LogP contribution in [0.15, 0.2) is 40.8 Å². The summed E-state index contributed by atoms with van der Waals surface area (Å²) >= 11 is 0. The van der Waals surface area contributed by atoms with Crippen molar-refractivity contribution in [1.29, 1.82) is 0 Å². The largest absolute Gasteiger partial charge is 0.456 e. The van der Waals surface area contributed by atoms with Crippen LogP contribution in [0.1, 0.15) is 25.3 Å². The summed E-state index contributed by atoms with van der Waals surface area (Å²) < 4.78 is 7.54. The molecule has 0 unspecified atom stereocenters. The summed E-state index contributed by atoms with van der Waals surface area (Å²) in [6, 6.07) is 11.6. The Bertz CT molecular complexity index is 1110. The first-order valence-corrected chi connectivity index (χ1v) is 8.52. The van der Waals surface area contributed by atoms with Crippen molar-refractivity contribution in [2.24, 2.45) is 5.92 Å². The van der Waals surface area contributed by atoms with Crippen LogP contribution in [0.25, 0.3) is 28.0 Å². The molecule has 3 aromatic heterocycles. The van der Waals surface area contributed by atoms with Crippen molar-refractivity contribution in [3.63, 3.8) is 0 Å². The Hall–Kier alpha value is -3.22. The van der Waals surface area contributed by atoms with Gasteiger partial charge in [0.05, 0.1) is 12.2 Å². The molecule has 0 aliphatic rings. The highest BCUT2D eigenvalue weighted by atomic mass is 16.3. The van der Waals surface area contributed by atoms with Gasteiger partial charge in [-0.1, -0.05) is 38.1 Å². The maximum atomic E-state index is 11.7. The van der Waals surface area contributed by atoms with E-state index in [1.807, 2.05) is 57.2 Å². The molecule has 1 N–H and O–H groups in total. The van der Waals surface area contributed by atoms with Gasteiger partial charge in [0.1, 0.15) is 5.76 Å². The summed E-state index contributed by atoms with van der Waals surface area (Å²) in [7, 11) is 0. The van der Waals surface area contributed by atoms with Crippen LogP contribution >= 0.6 is 0 Å². The Morgan fingerprint density at radius 1 is 1.15 bits per heavy atom. The lowest BCUT2D eigenvalue weighted by molar-refractivity contribution is -0.124. The van der Waals surface area contributed by atoms with Gasteiger partial charge in [-0.2, -0.15) is 9.61 Å². The zero-order valence-electron chi connectivity index (χ0n) is 14.9. The van der Waals surface area contributed by atoms with Crippen LogP contribution < -0.4 is 5.32 Å². The zero-order chi connectivity index (χ0) is 18.3. The molecule has 0 saturated carbocycles. The molecule has 0 bridgehead atoms. The summed E-state index contributed by atoms with van der Waals surface area (Å²) in [6.07, 6.45) is 0. The van der Waals surface area contributed by atoms with E-state index in [0.717, 1.165) is 16.5 Å². The van der Waals surface area contributed by atoms with Crippen LogP contribution in [0, 0.1) is 12.8 Å². The molecule has 7 nitrogen and oxygen atoms in total. The van der Waals surface area contributed by atoms with Crippen molar-refractivity contribution in [2.75, 3.05) is 0 Å². The predicted molar refractivity (Wildman–Crippen MR) is 97.4 cm³/mol. The minimum absolute atomic E-state index is 0.0142. The first-order chi connectivity index (χ1) is 12.5. The summed E-state index contributed by atoms with van der Waals surface area (Å²) in [5.41, 5.74) is 1.58. The summed E-state index contributed by atoms with van der Waals surface area (Å²) in [5, 5.41) is 18.0. The third-order valence-electron chi connectivity index (χ3n) is 4.29. The van der Waals surface area contributed by atoms with E-state index in [4.69, 9.17) is 4.42 Å². The van der Waals surface area contributed by atoms with Crippen LogP contribution in [0.4, 0.5) is 0 Å². The molecule has 3 heterocycles. The van der Waals surface area contributed by atoms with Crippen LogP contribution in [-0.4, -0.2) is 25.7 Å². The van der Waals surface area contributed by atoms with Gasteiger partial charge in [-0.15, -0.1) is 10.2 Å². The summed E-state index contributed by atoms with van der Waals surface area (Å²) in [4.78, 5) is 11.7. The van der Waals surface area contributed by atoms with Gasteiger partial charge >= 0.3 is 0 Å². The van der Waals surface area contributed by atoms with Gasteiger partial charge in [0, 0.05) is 16.7 Å². The second-order valence-corrected chi connectivity index (χ2v) is 6.53. The molecular weight excluding hydrogens is 330 g/mol. The molecule has 0 fully saturated rings. The number of furan rings is 1. The Labute approximate surface area is 150 Å². The van der Waals surface area contributed by atoms with E-state index in [0.29, 0.717) is 29.5 Å². The zero-order valence-corrected chi connectivity index (χ0v) is 14.9. The van der Waals surface area contributed by atoms with Gasteiger partial charge in [-0.05, 0) is 19.1 Å². The summed E-state index contributed by atoms with van der Waals surface area (Å²) in [5.74, 6) is 1.68. The lowest BCUT2D eigenvalue weighted by Gasteiger charge is -2.05. The molecule has 0 aliphatic carbocycles. The highest BCUT2D eigenvalue weighted by molar-refractivity contribution is 5.95. The normalized spacial score (nSPS) is 11.5. The van der Waals surface area contributed by atoms with E-state index in [1.165, 1.54) is 0 Å². The second kappa shape index (κ2) is 6.25. The first-order valence-electron chi connectivity index (χ1n) is 8.52. The number of hydrogen-bond acceptors (Lipinski definition) is 5. The van der Waals surface area contributed by atoms with E-state index in [9.17, 15) is 4.79 Å². The third kappa shape index (κ3) is 2.71. The standard InChI is InChI=1S/C19H19N5O2/c1-11(2)19(25)20-10-13-8-9-16(26-13)18-22-21-17-15-7-5-4-6-14(15)12(3)23-24(17)18/h4-9,11H,10H2,1-3H3,(H,20,25). The van der Waals surface area contributed by atoms with Crippen molar-refractivity contribution in [3.05, 3.63) is 47.9 Å². The van der Waals surface area contributed by atoms with Gasteiger partial charge in [0.25, 0.3) is 0 Å². The summed E-state index contributed by atoms with van der Waals surface area (Å²) in [6.45, 7) is 6.00. The lowest BCUT2D eigenvalue weighted by atomic mass is 10.1. The van der Waals surface area contributed by atoms with Crippen LogP contribution in [-0.2, 0) is 11.3 Å². The Balaban J connectivity index is 1.71. The van der Waals surface area contributed by atoms with Crippen LogP contribution in [0.5, 0.6) is 0 Å². The van der Waals surface area contributed by atoms with E-state index in [1.54, 1.807) is 4.52 Å². The van der Waals surface area contributed by atoms with Gasteiger partial charge in [-0.25, -0.2) is 0 Å². The number of nitrogens with zero attached hydrogens (tertiary/aromatic N) is 4. The number of carbonyl (C=O) groups excluding carboxylic acids is 1. The van der Waals surface area contributed by atoms with E-state index in [2.05, 4.69) is 20.6 Å². The maximum Gasteiger partial charge on any atom is 0.222 e. The molecule has 4 rings (SSSR count). The van der Waals surface area contributed by atoms with Crippen LogP contribution in [0.2, 0.25) is 0 Å². The smallest absolute Gasteiger partial charge is 0.222 e. The molecule has 0 radical (unpaired) electrons. The number of fused-ring (bicyclic) bond motifs is 3. The highest BCUT2D eigenvalue weighted by Gasteiger charge is 2.17. The Kier molecular flexibility index (Phi) is 3.91. The molecule has 0 aliphatic heterocycles. The molecule has 0 atom stereocenters. The molecule has 1 aromatic carbocycles. The third-order valence-corrected chi connectivity index (χ3v) is 4.29. The van der Waals surface area contributed by atoms with E-state index in [-0.39, 0.29) is 11.8 Å². The fourth-order valence-corrected chi connectivity index (χ4v) is 2.87. The van der Waals surface area contributed by atoms with Crippen LogP contribution in [0.3, 0.4) is 0 Å². The first kappa shape index (κ1) is 16.3. The minimum Gasteiger partial charge on any atom is -0.456 e. The molecule has 1 amide bonds. The maximum absolute atomic E-state index is 11.7. The quantitative estimate of drug-likeness (QED) is 0.612. The van der Waals surface area contributed by atoms with Gasteiger partial charge in [-0.3, -0.25) is 4.79 Å². The van der Waals surface area contributed by atoms with Crippen molar-refractivity contribution >= 4 is 22.3 Å². The average molecular weight is 349 g/mol. The van der Waals surface area contributed by atoms with Gasteiger partial charge in [0.15, 0.2) is 11.4 Å². The Morgan fingerprint density at radius 3 is 2.69 bits per heavy atom. The molecule has 0 spiro atoms. The fourth-order valence-electron chi connectivity index (χ4n) is 2.87. The van der Waals surface area contributed by atoms with E-state index < -0.39 is 0 Å². The molecule has 26 heavy (non-hydrogen) atoms. The van der Waals surface area contributed by atoms with E-state index >= 15 is 0 Å². The number of aromatic nitrogens is 4. The van der Waals surface area contributed by atoms with Crippen molar-refractivity contribution in [1.82, 2.24) is 25.1 Å². The number of benzene rings is 1. The fraction of sp³-hybridized carbons (Fsp3) is 0.263. The molecule has 7 heteroatoms. The molecule has 0 saturated heterocycles. The molecular formula is C19H19N5O2. The number of nitrogens with one attached hydrogen (secondary N) is 1. The second-order valence-electron chi connectivity index (χ2n) is 6.53. The highest BCUT2D eigenvalue weighted by Crippen LogP contribution is 2.25. The average Bonchev–Trinajstić information content (AvgIpc) is 3.26. The number of amides is 1. The lowest BCUT2D eigenvalue weighted by Crippen LogP contribution is -2.26. The predicted octanol–water partition coefficient (Wildman–Crippen LogP) is 3.12. The van der Waals surface area contributed by atoms with Crippen molar-refractivity contribution in [2.45, 2.75) is 27.3 Å². The minimum atomic E-state index is -0.0645. The van der Waals surface area contributed by atoms with Crippen molar-refractivity contribution < 1.29 is 9.21 Å². The molecule has 132 valence electrons. The number of carbonyl (C=O) groups is 1. The number of aryl methyl sites for hydroxylation is 1. The topological polar surface area (TPSA) is 85.3 Å². The van der Waals surface area contributed by atoms with Crippen molar-refractivity contribution in [3.8, 4) is 11.6 Å². The number of hydrogen-bond donors (Lipinski definition) is 1. The monoisotopic (exact) mass is 349 g/mol. The van der Waals surface area contributed by atoms with Gasteiger partial charge < -0.3 is 9.73 Å². The molecule has 4 aromatic rings. The SMILES string of the molecule is Cc1nn2c(-c3ccc(CNC(=O)C(C)C)o3)nnc2c2ccccc12. The number of rotatable bonds is 4. The van der Waals surface area contributed by atoms with Gasteiger partial charge in [0.2, 0.25) is 11.7 Å².